The summed E-state index contributed by atoms with van der Waals surface area (Å²) in [6, 6.07) is 2.75. The highest BCUT2D eigenvalue weighted by molar-refractivity contribution is 5.93. The average molecular weight is 764 g/mol. The van der Waals surface area contributed by atoms with Crippen molar-refractivity contribution in [2.24, 2.45) is 5.92 Å². The van der Waals surface area contributed by atoms with Crippen LogP contribution in [0, 0.1) is 12.8 Å². The van der Waals surface area contributed by atoms with Crippen molar-refractivity contribution in [3.05, 3.63) is 29.6 Å². The molecule has 2 aromatic heterocycles. The van der Waals surface area contributed by atoms with E-state index >= 15 is 0 Å². The quantitative estimate of drug-likeness (QED) is 0.275. The highest BCUT2D eigenvalue weighted by atomic mass is 16.5. The second kappa shape index (κ2) is 19.2. The Hall–Kier alpha value is -3.33. The van der Waals surface area contributed by atoms with E-state index in [1.807, 2.05) is 6.92 Å². The number of carbonyl (C=O) groups excluding carboxylic acids is 2. The zero-order valence-corrected chi connectivity index (χ0v) is 33.3. The predicted octanol–water partition coefficient (Wildman–Crippen LogP) is 4.72. The minimum absolute atomic E-state index is 0.0581. The van der Waals surface area contributed by atoms with Crippen LogP contribution in [0.2, 0.25) is 0 Å². The van der Waals surface area contributed by atoms with Gasteiger partial charge in [0.2, 0.25) is 11.9 Å². The number of aryl methyl sites for hydroxylation is 1. The van der Waals surface area contributed by atoms with Gasteiger partial charge in [0.15, 0.2) is 12.2 Å². The summed E-state index contributed by atoms with van der Waals surface area (Å²) in [5, 5.41) is 17.6. The van der Waals surface area contributed by atoms with E-state index in [0.29, 0.717) is 56.0 Å². The molecule has 14 nitrogen and oxygen atoms in total. The molecule has 2 aromatic rings. The number of fused-ring (bicyclic) bond motifs is 1. The second-order valence-electron chi connectivity index (χ2n) is 16.8. The van der Waals surface area contributed by atoms with E-state index in [4.69, 9.17) is 14.1 Å². The maximum absolute atomic E-state index is 13.5. The molecule has 4 atom stereocenters. The molecule has 6 heterocycles. The number of likely N-dealkylation sites (tertiary alicyclic amines) is 3. The number of nitrogens with one attached hydrogen (secondary N) is 2. The van der Waals surface area contributed by atoms with Gasteiger partial charge >= 0.3 is 0 Å². The van der Waals surface area contributed by atoms with Crippen molar-refractivity contribution in [1.82, 2.24) is 35.0 Å². The minimum atomic E-state index is -0.701. The third kappa shape index (κ3) is 10.5. The lowest BCUT2D eigenvalue weighted by molar-refractivity contribution is -0.161. The van der Waals surface area contributed by atoms with Crippen molar-refractivity contribution in [1.29, 1.82) is 0 Å². The third-order valence-corrected chi connectivity index (χ3v) is 12.8. The second-order valence-corrected chi connectivity index (χ2v) is 16.8. The Kier molecular flexibility index (Phi) is 13.9. The van der Waals surface area contributed by atoms with Gasteiger partial charge in [0.25, 0.3) is 5.91 Å². The van der Waals surface area contributed by atoms with Gasteiger partial charge in [-0.25, -0.2) is 9.97 Å². The number of hydrogen-bond acceptors (Lipinski definition) is 12. The summed E-state index contributed by atoms with van der Waals surface area (Å²) in [6.07, 6.45) is 19.1. The van der Waals surface area contributed by atoms with Gasteiger partial charge in [-0.2, -0.15) is 4.98 Å². The fraction of sp³-hybridized carbons (Fsp3) is 0.780. The van der Waals surface area contributed by atoms with Crippen LogP contribution < -0.4 is 15.5 Å². The molecule has 0 radical (unpaired) electrons. The molecule has 5 fully saturated rings. The van der Waals surface area contributed by atoms with Gasteiger partial charge in [-0.15, -0.1) is 0 Å². The van der Waals surface area contributed by atoms with Crippen molar-refractivity contribution >= 4 is 23.6 Å². The number of anilines is 2. The van der Waals surface area contributed by atoms with Crippen LogP contribution in [0.5, 0.6) is 0 Å². The summed E-state index contributed by atoms with van der Waals surface area (Å²) in [4.78, 5) is 48.1. The third-order valence-electron chi connectivity index (χ3n) is 12.8. The summed E-state index contributed by atoms with van der Waals surface area (Å²) in [5.41, 5.74) is 1.18. The SMILES string of the molecule is CC(=O)N1CC(Nc2cc(C(=O)NCC(O)CN3CCC4C(CCC(OCc5ocnc5C)N4C4CCCCCCCCC4)C3)nc(N3CCCCC3)n2)C1. The maximum Gasteiger partial charge on any atom is 0.270 e. The molecule has 5 aliphatic rings. The lowest BCUT2D eigenvalue weighted by Crippen LogP contribution is -2.61. The normalized spacial score (nSPS) is 25.8. The molecule has 7 rings (SSSR count). The Morgan fingerprint density at radius 1 is 0.927 bits per heavy atom. The van der Waals surface area contributed by atoms with Crippen LogP contribution in [0.25, 0.3) is 0 Å². The van der Waals surface area contributed by atoms with E-state index in [1.54, 1.807) is 17.9 Å². The molecule has 4 aliphatic heterocycles. The minimum Gasteiger partial charge on any atom is -0.446 e. The van der Waals surface area contributed by atoms with Crippen LogP contribution in [0.15, 0.2) is 16.9 Å². The van der Waals surface area contributed by atoms with E-state index in [0.717, 1.165) is 69.7 Å². The number of aliphatic hydroxyl groups excluding tert-OH is 1. The first-order valence-corrected chi connectivity index (χ1v) is 21.4. The van der Waals surface area contributed by atoms with Crippen LogP contribution in [-0.2, 0) is 16.1 Å². The van der Waals surface area contributed by atoms with Crippen molar-refractivity contribution in [3.8, 4) is 0 Å². The molecule has 14 heteroatoms. The molecule has 1 aliphatic carbocycles. The van der Waals surface area contributed by atoms with Crippen molar-refractivity contribution in [2.45, 2.75) is 147 Å². The molecule has 4 unspecified atom stereocenters. The standard InChI is InChI=1S/C41H65N9O5/c1-29-37(55-28-43-29)27-54-39-16-15-31-23-47(20-17-36(31)50(39)33-13-9-6-4-3-5-7-10-14-33)26-34(52)22-42-40(53)35-21-38(44-32-24-49(25-32)30(2)51)46-41(45-35)48-18-11-8-12-19-48/h21,28,31-34,36,39,52H,3-20,22-27H2,1-2H3,(H,42,53)(H,44,45,46). The zero-order valence-electron chi connectivity index (χ0n) is 33.3. The van der Waals surface area contributed by atoms with Gasteiger partial charge in [0.1, 0.15) is 24.3 Å². The molecule has 0 spiro atoms. The van der Waals surface area contributed by atoms with Crippen molar-refractivity contribution < 1.29 is 23.8 Å². The van der Waals surface area contributed by atoms with Gasteiger partial charge in [-0.3, -0.25) is 14.5 Å². The van der Waals surface area contributed by atoms with Gasteiger partial charge < -0.3 is 39.6 Å². The summed E-state index contributed by atoms with van der Waals surface area (Å²) >= 11 is 0. The Bertz CT molecular complexity index is 1540. The average Bonchev–Trinajstić information content (AvgIpc) is 3.60. The van der Waals surface area contributed by atoms with Crippen LogP contribution in [0.3, 0.4) is 0 Å². The van der Waals surface area contributed by atoms with Crippen LogP contribution in [0.4, 0.5) is 11.8 Å². The van der Waals surface area contributed by atoms with Crippen molar-refractivity contribution in [3.63, 3.8) is 0 Å². The number of amides is 2. The molecule has 4 saturated heterocycles. The Morgan fingerprint density at radius 2 is 1.65 bits per heavy atom. The van der Waals surface area contributed by atoms with E-state index in [2.05, 4.69) is 35.3 Å². The molecule has 3 N–H and O–H groups in total. The number of piperidine rings is 3. The number of hydrogen-bond donors (Lipinski definition) is 3. The van der Waals surface area contributed by atoms with E-state index in [-0.39, 0.29) is 36.3 Å². The number of aliphatic hydroxyl groups is 1. The summed E-state index contributed by atoms with van der Waals surface area (Å²) in [5.74, 6) is 2.21. The molecular weight excluding hydrogens is 699 g/mol. The number of β-amino-alcohol motifs (C(OH)–C–C–N with tert-alkyl or cyclic N) is 1. The summed E-state index contributed by atoms with van der Waals surface area (Å²) < 4.78 is 12.3. The lowest BCUT2D eigenvalue weighted by Gasteiger charge is -2.53. The molecule has 55 heavy (non-hydrogen) atoms. The van der Waals surface area contributed by atoms with Crippen molar-refractivity contribution in [2.75, 3.05) is 62.6 Å². The monoisotopic (exact) mass is 764 g/mol. The van der Waals surface area contributed by atoms with Crippen LogP contribution in [-0.4, -0.2) is 129 Å². The smallest absolute Gasteiger partial charge is 0.270 e. The highest BCUT2D eigenvalue weighted by Crippen LogP contribution is 2.39. The van der Waals surface area contributed by atoms with E-state index < -0.39 is 6.10 Å². The fourth-order valence-corrected chi connectivity index (χ4v) is 9.61. The Balaban J connectivity index is 0.950. The highest BCUT2D eigenvalue weighted by Gasteiger charge is 2.44. The van der Waals surface area contributed by atoms with Gasteiger partial charge in [-0.1, -0.05) is 44.9 Å². The Labute approximate surface area is 327 Å². The fourth-order valence-electron chi connectivity index (χ4n) is 9.61. The zero-order chi connectivity index (χ0) is 38.1. The van der Waals surface area contributed by atoms with Crippen LogP contribution >= 0.6 is 0 Å². The topological polar surface area (TPSA) is 152 Å². The number of nitrogens with zero attached hydrogens (tertiary/aromatic N) is 7. The van der Waals surface area contributed by atoms with E-state index in [9.17, 15) is 14.7 Å². The molecule has 0 bridgehead atoms. The number of ether oxygens (including phenoxy) is 1. The first kappa shape index (κ1) is 39.9. The molecular formula is C41H65N9O5. The summed E-state index contributed by atoms with van der Waals surface area (Å²) in [6.45, 7) is 9.46. The predicted molar refractivity (Wildman–Crippen MR) is 211 cm³/mol. The first-order chi connectivity index (χ1) is 26.8. The lowest BCUT2D eigenvalue weighted by atomic mass is 9.80. The number of carbonyl (C=O) groups is 2. The number of oxazole rings is 1. The molecule has 2 amide bonds. The van der Waals surface area contributed by atoms with E-state index in [1.165, 1.54) is 70.6 Å². The van der Waals surface area contributed by atoms with Gasteiger partial charge in [-0.05, 0) is 70.8 Å². The van der Waals surface area contributed by atoms with Gasteiger partial charge in [0.05, 0.1) is 17.8 Å². The maximum atomic E-state index is 13.5. The number of aromatic nitrogens is 3. The largest absolute Gasteiger partial charge is 0.446 e. The molecule has 1 saturated carbocycles. The summed E-state index contributed by atoms with van der Waals surface area (Å²) in [7, 11) is 0. The molecule has 0 aromatic carbocycles. The Morgan fingerprint density at radius 3 is 2.36 bits per heavy atom. The number of rotatable bonds is 12. The van der Waals surface area contributed by atoms with Gasteiger partial charge in [0, 0.05) is 70.9 Å². The van der Waals surface area contributed by atoms with Crippen LogP contribution in [0.1, 0.15) is 125 Å². The molecule has 304 valence electrons. The first-order valence-electron chi connectivity index (χ1n) is 21.4.